The van der Waals surface area contributed by atoms with Crippen molar-refractivity contribution in [3.63, 3.8) is 0 Å². The van der Waals surface area contributed by atoms with Crippen LogP contribution in [0.25, 0.3) is 0 Å². The van der Waals surface area contributed by atoms with E-state index in [1.807, 2.05) is 0 Å². The van der Waals surface area contributed by atoms with Crippen molar-refractivity contribution in [2.45, 2.75) is 30.7 Å². The Balaban J connectivity index is 2.10. The van der Waals surface area contributed by atoms with E-state index in [0.29, 0.717) is 12.8 Å². The molecule has 118 valence electrons. The van der Waals surface area contributed by atoms with E-state index in [0.717, 1.165) is 18.2 Å². The smallest absolute Gasteiger partial charge is 0.392 e. The van der Waals surface area contributed by atoms with E-state index in [-0.39, 0.29) is 11.4 Å². The number of ether oxygens (including phenoxy) is 1. The quantitative estimate of drug-likeness (QED) is 0.817. The first-order valence-corrected chi connectivity index (χ1v) is 7.73. The summed E-state index contributed by atoms with van der Waals surface area (Å²) in [6, 6.07) is 2.97. The van der Waals surface area contributed by atoms with Crippen LogP contribution in [-0.4, -0.2) is 26.5 Å². The van der Waals surface area contributed by atoms with Gasteiger partial charge in [-0.25, -0.2) is 12.8 Å². The summed E-state index contributed by atoms with van der Waals surface area (Å²) in [7, 11) is -3.60. The molecule has 1 N–H and O–H groups in total. The maximum absolute atomic E-state index is 13.1. The van der Waals surface area contributed by atoms with Gasteiger partial charge in [0, 0.05) is 6.07 Å². The van der Waals surface area contributed by atoms with Crippen molar-refractivity contribution in [1.29, 1.82) is 0 Å². The molecular weight excluding hydrogens is 314 g/mol. The summed E-state index contributed by atoms with van der Waals surface area (Å²) in [6.07, 6.45) is -4.55. The van der Waals surface area contributed by atoms with Gasteiger partial charge in [0.25, 0.3) is 0 Å². The predicted octanol–water partition coefficient (Wildman–Crippen LogP) is 3.06. The Kier molecular flexibility index (Phi) is 4.31. The molecule has 0 spiro atoms. The predicted molar refractivity (Wildman–Crippen MR) is 68.1 cm³/mol. The zero-order valence-corrected chi connectivity index (χ0v) is 11.6. The Labute approximate surface area is 119 Å². The topological polar surface area (TPSA) is 55.4 Å². The van der Waals surface area contributed by atoms with E-state index in [4.69, 9.17) is 4.74 Å². The number of halogens is 4. The Morgan fingerprint density at radius 2 is 1.95 bits per heavy atom. The molecule has 1 aromatic rings. The van der Waals surface area contributed by atoms with Gasteiger partial charge in [-0.15, -0.1) is 0 Å². The van der Waals surface area contributed by atoms with Crippen LogP contribution >= 0.6 is 0 Å². The first kappa shape index (κ1) is 15.9. The van der Waals surface area contributed by atoms with Crippen molar-refractivity contribution in [2.24, 2.45) is 0 Å². The summed E-state index contributed by atoms with van der Waals surface area (Å²) in [5.74, 6) is -0.991. The number of hydrogen-bond donors (Lipinski definition) is 1. The molecule has 1 aromatic carbocycles. The fourth-order valence-electron chi connectivity index (χ4n) is 1.59. The molecule has 1 fully saturated rings. The number of nitrogens with one attached hydrogen (secondary N) is 1. The Bertz CT molecular complexity index is 611. The molecule has 21 heavy (non-hydrogen) atoms. The average Bonchev–Trinajstić information content (AvgIpc) is 3.15. The van der Waals surface area contributed by atoms with Crippen molar-refractivity contribution in [3.8, 4) is 5.75 Å². The van der Waals surface area contributed by atoms with E-state index in [1.54, 1.807) is 0 Å². The minimum Gasteiger partial charge on any atom is -0.491 e. The van der Waals surface area contributed by atoms with E-state index in [9.17, 15) is 26.0 Å². The Hall–Kier alpha value is -1.51. The van der Waals surface area contributed by atoms with Crippen molar-refractivity contribution >= 4 is 15.7 Å². The van der Waals surface area contributed by atoms with Crippen molar-refractivity contribution in [1.82, 2.24) is 0 Å². The van der Waals surface area contributed by atoms with E-state index >= 15 is 0 Å². The summed E-state index contributed by atoms with van der Waals surface area (Å²) in [6.45, 7) is -0.717. The molecule has 0 saturated heterocycles. The number of benzene rings is 1. The van der Waals surface area contributed by atoms with Gasteiger partial charge in [0.2, 0.25) is 10.0 Å². The second kappa shape index (κ2) is 5.70. The lowest BCUT2D eigenvalue weighted by molar-refractivity contribution is -0.139. The molecule has 1 aliphatic carbocycles. The van der Waals surface area contributed by atoms with Crippen molar-refractivity contribution in [2.75, 3.05) is 11.3 Å². The van der Waals surface area contributed by atoms with Crippen LogP contribution < -0.4 is 9.46 Å². The lowest BCUT2D eigenvalue weighted by Crippen LogP contribution is -2.18. The summed E-state index contributed by atoms with van der Waals surface area (Å²) in [4.78, 5) is 0. The second-order valence-electron chi connectivity index (χ2n) is 4.70. The molecule has 0 aromatic heterocycles. The molecule has 0 atom stereocenters. The molecule has 0 radical (unpaired) electrons. The Morgan fingerprint density at radius 1 is 1.29 bits per heavy atom. The normalized spacial score (nSPS) is 15.8. The number of anilines is 1. The van der Waals surface area contributed by atoms with Gasteiger partial charge in [-0.3, -0.25) is 4.72 Å². The van der Waals surface area contributed by atoms with Gasteiger partial charge in [0.1, 0.15) is 11.6 Å². The number of sulfonamides is 1. The van der Waals surface area contributed by atoms with Gasteiger partial charge in [-0.05, 0) is 25.0 Å². The first-order valence-electron chi connectivity index (χ1n) is 6.18. The fraction of sp³-hybridized carbons (Fsp3) is 0.500. The molecule has 4 nitrogen and oxygen atoms in total. The number of alkyl halides is 3. The number of hydrogen-bond acceptors (Lipinski definition) is 3. The Morgan fingerprint density at radius 3 is 2.52 bits per heavy atom. The first-order chi connectivity index (χ1) is 9.67. The summed E-state index contributed by atoms with van der Waals surface area (Å²) < 4.78 is 80.0. The third kappa shape index (κ3) is 4.76. The van der Waals surface area contributed by atoms with E-state index < -0.39 is 40.3 Å². The monoisotopic (exact) mass is 327 g/mol. The van der Waals surface area contributed by atoms with Crippen LogP contribution in [0.15, 0.2) is 18.2 Å². The molecule has 0 bridgehead atoms. The van der Waals surface area contributed by atoms with Crippen LogP contribution in [-0.2, 0) is 10.0 Å². The van der Waals surface area contributed by atoms with Crippen LogP contribution in [0, 0.1) is 5.82 Å². The van der Waals surface area contributed by atoms with Crippen LogP contribution in [0.2, 0.25) is 0 Å². The molecule has 0 heterocycles. The van der Waals surface area contributed by atoms with Crippen molar-refractivity contribution in [3.05, 3.63) is 24.0 Å². The minimum atomic E-state index is -4.40. The molecule has 2 rings (SSSR count). The highest BCUT2D eigenvalue weighted by molar-refractivity contribution is 7.93. The fourth-order valence-corrected chi connectivity index (χ4v) is 2.99. The van der Waals surface area contributed by atoms with Gasteiger partial charge in [-0.1, -0.05) is 0 Å². The summed E-state index contributed by atoms with van der Waals surface area (Å²) in [5.41, 5.74) is -0.0644. The zero-order valence-electron chi connectivity index (χ0n) is 10.8. The molecule has 0 unspecified atom stereocenters. The van der Waals surface area contributed by atoms with Crippen LogP contribution in [0.5, 0.6) is 5.75 Å². The van der Waals surface area contributed by atoms with Crippen LogP contribution in [0.3, 0.4) is 0 Å². The zero-order chi connectivity index (χ0) is 15.7. The molecular formula is C12H13F4NO3S. The van der Waals surface area contributed by atoms with Crippen LogP contribution in [0.4, 0.5) is 23.2 Å². The van der Waals surface area contributed by atoms with Crippen molar-refractivity contribution < 1.29 is 30.7 Å². The van der Waals surface area contributed by atoms with Gasteiger partial charge >= 0.3 is 6.18 Å². The maximum atomic E-state index is 13.1. The van der Waals surface area contributed by atoms with Gasteiger partial charge in [-0.2, -0.15) is 13.2 Å². The third-order valence-electron chi connectivity index (χ3n) is 2.80. The van der Waals surface area contributed by atoms with Gasteiger partial charge in [0.05, 0.1) is 24.0 Å². The maximum Gasteiger partial charge on any atom is 0.392 e. The minimum absolute atomic E-state index is 0.0644. The highest BCUT2D eigenvalue weighted by atomic mass is 32.2. The lowest BCUT2D eigenvalue weighted by Gasteiger charge is -2.14. The SMILES string of the molecule is O=S(=O)(Nc1ccc(F)cc1OCCC(F)(F)F)C1CC1. The summed E-state index contributed by atoms with van der Waals surface area (Å²) in [5, 5.41) is -0.509. The molecule has 0 amide bonds. The lowest BCUT2D eigenvalue weighted by atomic mass is 10.3. The second-order valence-corrected chi connectivity index (χ2v) is 6.66. The molecule has 0 aliphatic heterocycles. The number of rotatable bonds is 6. The van der Waals surface area contributed by atoms with E-state index in [1.165, 1.54) is 0 Å². The average molecular weight is 327 g/mol. The molecule has 1 saturated carbocycles. The highest BCUT2D eigenvalue weighted by Gasteiger charge is 2.36. The third-order valence-corrected chi connectivity index (χ3v) is 4.66. The van der Waals surface area contributed by atoms with Crippen LogP contribution in [0.1, 0.15) is 19.3 Å². The van der Waals surface area contributed by atoms with Gasteiger partial charge < -0.3 is 4.74 Å². The largest absolute Gasteiger partial charge is 0.491 e. The van der Waals surface area contributed by atoms with Gasteiger partial charge in [0.15, 0.2) is 0 Å². The summed E-state index contributed by atoms with van der Waals surface area (Å²) >= 11 is 0. The molecule has 9 heteroatoms. The van der Waals surface area contributed by atoms with E-state index in [2.05, 4.69) is 4.72 Å². The highest BCUT2D eigenvalue weighted by Crippen LogP contribution is 2.33. The standard InChI is InChI=1S/C12H13F4NO3S/c13-8-1-4-10(17-21(18,19)9-2-3-9)11(7-8)20-6-5-12(14,15)16/h1,4,7,9,17H,2-3,5-6H2. The molecule has 1 aliphatic rings.